The van der Waals surface area contributed by atoms with E-state index in [0.717, 1.165) is 11.1 Å². The summed E-state index contributed by atoms with van der Waals surface area (Å²) in [6, 6.07) is 16.9. The van der Waals surface area contributed by atoms with E-state index in [2.05, 4.69) is 10.6 Å². The summed E-state index contributed by atoms with van der Waals surface area (Å²) >= 11 is 0. The van der Waals surface area contributed by atoms with Gasteiger partial charge < -0.3 is 20.1 Å². The molecule has 0 aliphatic carbocycles. The number of carbonyl (C=O) groups is 3. The molecule has 0 saturated carbocycles. The molecule has 0 fully saturated rings. The van der Waals surface area contributed by atoms with E-state index in [4.69, 9.17) is 9.47 Å². The minimum absolute atomic E-state index is 0.0995. The number of nitrogens with one attached hydrogen (secondary N) is 2. The first-order chi connectivity index (χ1) is 14.9. The summed E-state index contributed by atoms with van der Waals surface area (Å²) < 4.78 is 10.5. The highest BCUT2D eigenvalue weighted by molar-refractivity contribution is 5.89. The summed E-state index contributed by atoms with van der Waals surface area (Å²) in [5.74, 6) is -1.13. The molecule has 0 bridgehead atoms. The average molecular weight is 427 g/mol. The molecule has 31 heavy (non-hydrogen) atoms. The molecule has 0 unspecified atom stereocenters. The van der Waals surface area contributed by atoms with E-state index < -0.39 is 30.1 Å². The Labute approximate surface area is 183 Å². The number of hydrogen-bond donors (Lipinski definition) is 2. The van der Waals surface area contributed by atoms with Crippen LogP contribution in [0.3, 0.4) is 0 Å². The fraction of sp³-hybridized carbons (Fsp3) is 0.375. The zero-order valence-electron chi connectivity index (χ0n) is 18.2. The van der Waals surface area contributed by atoms with Crippen LogP contribution in [0.1, 0.15) is 38.3 Å². The Morgan fingerprint density at radius 3 is 1.84 bits per heavy atom. The van der Waals surface area contributed by atoms with Crippen LogP contribution in [0, 0.1) is 5.92 Å². The zero-order valence-corrected chi connectivity index (χ0v) is 18.2. The molecule has 7 nitrogen and oxygen atoms in total. The van der Waals surface area contributed by atoms with Crippen molar-refractivity contribution in [1.29, 1.82) is 0 Å². The number of esters is 1. The lowest BCUT2D eigenvalue weighted by molar-refractivity contribution is -0.150. The second-order valence-electron chi connectivity index (χ2n) is 7.39. The Hall–Kier alpha value is -3.35. The summed E-state index contributed by atoms with van der Waals surface area (Å²) in [6.45, 7) is 5.55. The molecule has 7 heteroatoms. The first kappa shape index (κ1) is 23.9. The molecule has 2 aromatic carbocycles. The Morgan fingerprint density at radius 1 is 0.806 bits per heavy atom. The van der Waals surface area contributed by atoms with E-state index in [1.165, 1.54) is 6.92 Å². The zero-order chi connectivity index (χ0) is 22.6. The maximum atomic E-state index is 12.6. The van der Waals surface area contributed by atoms with Crippen molar-refractivity contribution >= 4 is 18.0 Å². The van der Waals surface area contributed by atoms with Crippen molar-refractivity contribution in [3.05, 3.63) is 71.8 Å². The second-order valence-corrected chi connectivity index (χ2v) is 7.39. The van der Waals surface area contributed by atoms with Gasteiger partial charge in [-0.25, -0.2) is 9.59 Å². The fourth-order valence-electron chi connectivity index (χ4n) is 2.77. The Balaban J connectivity index is 1.86. The number of benzene rings is 2. The van der Waals surface area contributed by atoms with Crippen molar-refractivity contribution in [2.24, 2.45) is 5.92 Å². The van der Waals surface area contributed by atoms with Gasteiger partial charge in [0.25, 0.3) is 0 Å². The maximum absolute atomic E-state index is 12.6. The average Bonchev–Trinajstić information content (AvgIpc) is 2.80. The Bertz CT molecular complexity index is 842. The van der Waals surface area contributed by atoms with Gasteiger partial charge in [0.2, 0.25) is 5.91 Å². The van der Waals surface area contributed by atoms with Crippen LogP contribution in [-0.2, 0) is 32.3 Å². The van der Waals surface area contributed by atoms with Gasteiger partial charge in [0.15, 0.2) is 0 Å². The molecular weight excluding hydrogens is 396 g/mol. The van der Waals surface area contributed by atoms with E-state index in [1.807, 2.05) is 74.5 Å². The lowest BCUT2D eigenvalue weighted by Crippen LogP contribution is -2.52. The summed E-state index contributed by atoms with van der Waals surface area (Å²) in [5.41, 5.74) is 1.70. The van der Waals surface area contributed by atoms with Gasteiger partial charge in [-0.3, -0.25) is 4.79 Å². The minimum Gasteiger partial charge on any atom is -0.459 e. The van der Waals surface area contributed by atoms with Gasteiger partial charge in [0, 0.05) is 0 Å². The molecule has 0 aliphatic heterocycles. The molecule has 2 aromatic rings. The van der Waals surface area contributed by atoms with E-state index >= 15 is 0 Å². The second kappa shape index (κ2) is 12.4. The van der Waals surface area contributed by atoms with Crippen molar-refractivity contribution in [3.63, 3.8) is 0 Å². The molecule has 0 aliphatic rings. The SMILES string of the molecule is CC[C@@H](C)[C@H](NC(=O)[C@@H](C)NC(=O)OCc1ccccc1)C(=O)OCc1ccccc1. The fourth-order valence-corrected chi connectivity index (χ4v) is 2.77. The van der Waals surface area contributed by atoms with Crippen molar-refractivity contribution in [1.82, 2.24) is 10.6 Å². The number of ether oxygens (including phenoxy) is 2. The highest BCUT2D eigenvalue weighted by Crippen LogP contribution is 2.12. The van der Waals surface area contributed by atoms with E-state index in [0.29, 0.717) is 6.42 Å². The topological polar surface area (TPSA) is 93.7 Å². The summed E-state index contributed by atoms with van der Waals surface area (Å²) in [6.07, 6.45) is -0.0370. The third-order valence-electron chi connectivity index (χ3n) is 4.93. The van der Waals surface area contributed by atoms with Crippen molar-refractivity contribution in [2.75, 3.05) is 0 Å². The van der Waals surface area contributed by atoms with Crippen LogP contribution in [0.25, 0.3) is 0 Å². The monoisotopic (exact) mass is 426 g/mol. The van der Waals surface area contributed by atoms with E-state index in [9.17, 15) is 14.4 Å². The highest BCUT2D eigenvalue weighted by atomic mass is 16.5. The summed E-state index contributed by atoms with van der Waals surface area (Å²) in [7, 11) is 0. The molecule has 166 valence electrons. The Kier molecular flexibility index (Phi) is 9.55. The van der Waals surface area contributed by atoms with Crippen LogP contribution in [0.2, 0.25) is 0 Å². The number of hydrogen-bond acceptors (Lipinski definition) is 5. The first-order valence-corrected chi connectivity index (χ1v) is 10.4. The van der Waals surface area contributed by atoms with Gasteiger partial charge in [0.1, 0.15) is 25.3 Å². The van der Waals surface area contributed by atoms with Crippen LogP contribution in [0.5, 0.6) is 0 Å². The first-order valence-electron chi connectivity index (χ1n) is 10.4. The molecule has 2 rings (SSSR count). The predicted octanol–water partition coefficient (Wildman–Crippen LogP) is 3.58. The summed E-state index contributed by atoms with van der Waals surface area (Å²) in [5, 5.41) is 5.18. The number of alkyl carbamates (subject to hydrolysis) is 1. The molecule has 0 heterocycles. The molecule has 0 radical (unpaired) electrons. The third-order valence-corrected chi connectivity index (χ3v) is 4.93. The minimum atomic E-state index is -0.878. The molecule has 0 spiro atoms. The number of amides is 2. The van der Waals surface area contributed by atoms with Gasteiger partial charge in [-0.2, -0.15) is 0 Å². The van der Waals surface area contributed by atoms with Crippen molar-refractivity contribution in [2.45, 2.75) is 52.5 Å². The third kappa shape index (κ3) is 8.12. The highest BCUT2D eigenvalue weighted by Gasteiger charge is 2.29. The largest absolute Gasteiger partial charge is 0.459 e. The van der Waals surface area contributed by atoms with Crippen LogP contribution in [0.15, 0.2) is 60.7 Å². The molecule has 0 saturated heterocycles. The normalized spacial score (nSPS) is 13.4. The van der Waals surface area contributed by atoms with E-state index in [1.54, 1.807) is 0 Å². The number of carbonyl (C=O) groups excluding carboxylic acids is 3. The van der Waals surface area contributed by atoms with Crippen LogP contribution >= 0.6 is 0 Å². The van der Waals surface area contributed by atoms with Gasteiger partial charge in [-0.05, 0) is 24.0 Å². The van der Waals surface area contributed by atoms with Crippen molar-refractivity contribution < 1.29 is 23.9 Å². The van der Waals surface area contributed by atoms with Gasteiger partial charge in [-0.1, -0.05) is 80.9 Å². The molecule has 2 N–H and O–H groups in total. The summed E-state index contributed by atoms with van der Waals surface area (Å²) in [4.78, 5) is 37.2. The van der Waals surface area contributed by atoms with Gasteiger partial charge in [-0.15, -0.1) is 0 Å². The molecule has 3 atom stereocenters. The predicted molar refractivity (Wildman–Crippen MR) is 117 cm³/mol. The molecular formula is C24H30N2O5. The lowest BCUT2D eigenvalue weighted by atomic mass is 9.99. The standard InChI is InChI=1S/C24H30N2O5/c1-4-17(2)21(23(28)30-15-19-11-7-5-8-12-19)26-22(27)18(3)25-24(29)31-16-20-13-9-6-10-14-20/h5-14,17-18,21H,4,15-16H2,1-3H3,(H,25,29)(H,26,27)/t17-,18-,21+/m1/s1. The lowest BCUT2D eigenvalue weighted by Gasteiger charge is -2.24. The Morgan fingerprint density at radius 2 is 1.32 bits per heavy atom. The quantitative estimate of drug-likeness (QED) is 0.567. The van der Waals surface area contributed by atoms with Crippen LogP contribution < -0.4 is 10.6 Å². The molecule has 2 amide bonds. The van der Waals surface area contributed by atoms with Crippen LogP contribution in [-0.4, -0.2) is 30.1 Å². The van der Waals surface area contributed by atoms with E-state index in [-0.39, 0.29) is 19.1 Å². The number of rotatable bonds is 10. The smallest absolute Gasteiger partial charge is 0.408 e. The van der Waals surface area contributed by atoms with Crippen molar-refractivity contribution in [3.8, 4) is 0 Å². The van der Waals surface area contributed by atoms with Gasteiger partial charge >= 0.3 is 12.1 Å². The van der Waals surface area contributed by atoms with Gasteiger partial charge in [0.05, 0.1) is 0 Å². The molecule has 0 aromatic heterocycles. The maximum Gasteiger partial charge on any atom is 0.408 e. The van der Waals surface area contributed by atoms with Crippen LogP contribution in [0.4, 0.5) is 4.79 Å².